The molecule has 2 heteroatoms. The Hall–Kier alpha value is -4.62. The fourth-order valence-electron chi connectivity index (χ4n) is 7.37. The molecular weight excluding hydrogens is 585 g/mol. The summed E-state index contributed by atoms with van der Waals surface area (Å²) in [4.78, 5) is 2.45. The number of hydrogen-bond donors (Lipinski definition) is 0. The van der Waals surface area contributed by atoms with Crippen LogP contribution in [-0.2, 0) is 5.41 Å². The fraction of sp³-hybridized carbons (Fsp3) is 0.0732. The van der Waals surface area contributed by atoms with Crippen LogP contribution in [-0.4, -0.2) is 14.5 Å². The molecule has 0 fully saturated rings. The number of nitrogens with zero attached hydrogens (tertiary/aromatic N) is 1. The van der Waals surface area contributed by atoms with Crippen LogP contribution in [0, 0.1) is 0 Å². The van der Waals surface area contributed by atoms with Crippen LogP contribution >= 0.6 is 0 Å². The molecule has 204 valence electrons. The number of para-hydroxylation sites is 1. The molecule has 1 aromatic heterocycles. The first kappa shape index (κ1) is 24.9. The summed E-state index contributed by atoms with van der Waals surface area (Å²) in [5.41, 5.74) is 8.99. The summed E-state index contributed by atoms with van der Waals surface area (Å²) >= 11 is 0.287. The van der Waals surface area contributed by atoms with E-state index in [0.29, 0.717) is 0 Å². The summed E-state index contributed by atoms with van der Waals surface area (Å²) < 4.78 is 3.00. The zero-order chi connectivity index (χ0) is 28.7. The molecule has 0 saturated carbocycles. The first-order valence-corrected chi connectivity index (χ1v) is 16.7. The molecule has 43 heavy (non-hydrogen) atoms. The van der Waals surface area contributed by atoms with Gasteiger partial charge in [0, 0.05) is 0 Å². The van der Waals surface area contributed by atoms with Gasteiger partial charge in [0.2, 0.25) is 0 Å². The maximum atomic E-state index is 2.45. The van der Waals surface area contributed by atoms with Gasteiger partial charge in [-0.05, 0) is 0 Å². The van der Waals surface area contributed by atoms with Crippen molar-refractivity contribution >= 4 is 72.4 Å². The molecular formula is C41H29NSe. The van der Waals surface area contributed by atoms with E-state index in [-0.39, 0.29) is 19.9 Å². The quantitative estimate of drug-likeness (QED) is 0.141. The number of anilines is 3. The first-order valence-electron chi connectivity index (χ1n) is 14.9. The van der Waals surface area contributed by atoms with Gasteiger partial charge in [-0.15, -0.1) is 0 Å². The van der Waals surface area contributed by atoms with Crippen molar-refractivity contribution in [3.8, 4) is 11.1 Å². The molecule has 0 N–H and O–H groups in total. The van der Waals surface area contributed by atoms with E-state index in [1.807, 2.05) is 0 Å². The van der Waals surface area contributed by atoms with E-state index in [9.17, 15) is 0 Å². The van der Waals surface area contributed by atoms with Crippen molar-refractivity contribution in [1.29, 1.82) is 0 Å². The van der Waals surface area contributed by atoms with Crippen LogP contribution in [0.1, 0.15) is 25.0 Å². The second kappa shape index (κ2) is 9.19. The summed E-state index contributed by atoms with van der Waals surface area (Å²) in [5, 5.41) is 8.15. The van der Waals surface area contributed by atoms with Gasteiger partial charge in [-0.2, -0.15) is 0 Å². The molecule has 8 aromatic rings. The first-order chi connectivity index (χ1) is 21.1. The van der Waals surface area contributed by atoms with Crippen LogP contribution < -0.4 is 4.90 Å². The summed E-state index contributed by atoms with van der Waals surface area (Å²) in [6.45, 7) is 4.72. The Balaban J connectivity index is 1.32. The number of fused-ring (bicyclic) bond motifs is 10. The third-order valence-electron chi connectivity index (χ3n) is 9.44. The van der Waals surface area contributed by atoms with E-state index < -0.39 is 0 Å². The Labute approximate surface area is 257 Å². The summed E-state index contributed by atoms with van der Waals surface area (Å²) in [7, 11) is 0. The second-order valence-electron chi connectivity index (χ2n) is 12.1. The predicted molar refractivity (Wildman–Crippen MR) is 186 cm³/mol. The van der Waals surface area contributed by atoms with Gasteiger partial charge in [0.05, 0.1) is 0 Å². The van der Waals surface area contributed by atoms with Gasteiger partial charge < -0.3 is 0 Å². The van der Waals surface area contributed by atoms with Gasteiger partial charge in [-0.1, -0.05) is 12.1 Å². The van der Waals surface area contributed by atoms with Gasteiger partial charge in [-0.3, -0.25) is 0 Å². The standard InChI is InChI=1S/C41H29NSe/c1-41(2)35-16-8-6-13-29(35)30-24-21-28(25-36(30)41)42(27-11-4-3-5-12-27)37-17-10-15-33-31(37)22-19-26-20-23-34-32-14-7-9-18-38(32)43-40(34)39(26)33/h3-25H,1-2H3. The Morgan fingerprint density at radius 3 is 2.12 bits per heavy atom. The van der Waals surface area contributed by atoms with E-state index in [1.54, 1.807) is 0 Å². The zero-order valence-corrected chi connectivity index (χ0v) is 25.8. The molecule has 0 unspecified atom stereocenters. The Bertz CT molecular complexity index is 2380. The topological polar surface area (TPSA) is 3.24 Å². The van der Waals surface area contributed by atoms with Gasteiger partial charge in [0.15, 0.2) is 0 Å². The molecule has 0 spiro atoms. The average Bonchev–Trinajstić information content (AvgIpc) is 3.54. The monoisotopic (exact) mass is 615 g/mol. The second-order valence-corrected chi connectivity index (χ2v) is 14.4. The van der Waals surface area contributed by atoms with Crippen molar-refractivity contribution in [2.75, 3.05) is 4.90 Å². The molecule has 0 radical (unpaired) electrons. The molecule has 0 aliphatic heterocycles. The van der Waals surface area contributed by atoms with E-state index in [2.05, 4.69) is 158 Å². The summed E-state index contributed by atoms with van der Waals surface area (Å²) in [5.74, 6) is 0. The fourth-order valence-corrected chi connectivity index (χ4v) is 10.0. The number of hydrogen-bond acceptors (Lipinski definition) is 1. The van der Waals surface area contributed by atoms with Crippen LogP contribution in [0.4, 0.5) is 17.1 Å². The molecule has 7 aromatic carbocycles. The van der Waals surface area contributed by atoms with Crippen molar-refractivity contribution in [2.45, 2.75) is 19.3 Å². The zero-order valence-electron chi connectivity index (χ0n) is 24.1. The van der Waals surface area contributed by atoms with E-state index in [1.165, 1.54) is 80.2 Å². The minimum atomic E-state index is -0.0586. The molecule has 9 rings (SSSR count). The molecule has 0 bridgehead atoms. The van der Waals surface area contributed by atoms with Gasteiger partial charge >= 0.3 is 246 Å². The average molecular weight is 615 g/mol. The number of benzene rings is 7. The van der Waals surface area contributed by atoms with E-state index >= 15 is 0 Å². The third kappa shape index (κ3) is 3.58. The number of rotatable bonds is 3. The normalized spacial score (nSPS) is 13.5. The summed E-state index contributed by atoms with van der Waals surface area (Å²) in [6.07, 6.45) is 0. The van der Waals surface area contributed by atoms with Gasteiger partial charge in [0.25, 0.3) is 0 Å². The molecule has 0 saturated heterocycles. The third-order valence-corrected chi connectivity index (χ3v) is 12.0. The molecule has 1 aliphatic carbocycles. The van der Waals surface area contributed by atoms with Crippen LogP contribution in [0.5, 0.6) is 0 Å². The Morgan fingerprint density at radius 1 is 0.512 bits per heavy atom. The maximum absolute atomic E-state index is 2.45. The Kier molecular flexibility index (Phi) is 5.33. The van der Waals surface area contributed by atoms with Crippen LogP contribution in [0.2, 0.25) is 0 Å². The van der Waals surface area contributed by atoms with Gasteiger partial charge in [0.1, 0.15) is 0 Å². The van der Waals surface area contributed by atoms with E-state index in [0.717, 1.165) is 0 Å². The Morgan fingerprint density at radius 2 is 1.23 bits per heavy atom. The molecule has 0 atom stereocenters. The molecule has 0 amide bonds. The van der Waals surface area contributed by atoms with Crippen molar-refractivity contribution in [3.05, 3.63) is 151 Å². The van der Waals surface area contributed by atoms with Crippen LogP contribution in [0.15, 0.2) is 140 Å². The van der Waals surface area contributed by atoms with Gasteiger partial charge in [-0.25, -0.2) is 0 Å². The van der Waals surface area contributed by atoms with Crippen molar-refractivity contribution in [1.82, 2.24) is 0 Å². The molecule has 1 nitrogen and oxygen atoms in total. The SMILES string of the molecule is CC1(C)c2ccccc2-c2ccc(N(c3ccccc3)c3cccc4c3ccc3ccc5c6ccccc6[se]c5c34)cc21. The molecule has 1 heterocycles. The summed E-state index contributed by atoms with van der Waals surface area (Å²) in [6, 6.07) is 51.9. The van der Waals surface area contributed by atoms with E-state index in [4.69, 9.17) is 0 Å². The van der Waals surface area contributed by atoms with Crippen molar-refractivity contribution < 1.29 is 0 Å². The van der Waals surface area contributed by atoms with Crippen molar-refractivity contribution in [3.63, 3.8) is 0 Å². The predicted octanol–water partition coefficient (Wildman–Crippen LogP) is 11.1. The molecule has 1 aliphatic rings. The van der Waals surface area contributed by atoms with Crippen LogP contribution in [0.25, 0.3) is 52.0 Å². The van der Waals surface area contributed by atoms with Crippen molar-refractivity contribution in [2.24, 2.45) is 0 Å². The van der Waals surface area contributed by atoms with Crippen LogP contribution in [0.3, 0.4) is 0 Å². The minimum absolute atomic E-state index is 0.0586.